The summed E-state index contributed by atoms with van der Waals surface area (Å²) in [5, 5.41) is 2.79. The van der Waals surface area contributed by atoms with Gasteiger partial charge in [-0.15, -0.1) is 6.58 Å². The first-order valence-electron chi connectivity index (χ1n) is 7.04. The summed E-state index contributed by atoms with van der Waals surface area (Å²) in [6.45, 7) is 6.13. The van der Waals surface area contributed by atoms with Gasteiger partial charge in [0.05, 0.1) is 5.56 Å². The van der Waals surface area contributed by atoms with Crippen molar-refractivity contribution in [3.63, 3.8) is 0 Å². The highest BCUT2D eigenvalue weighted by molar-refractivity contribution is 5.96. The number of amides is 1. The second-order valence-corrected chi connectivity index (χ2v) is 5.12. The summed E-state index contributed by atoms with van der Waals surface area (Å²) in [5.41, 5.74) is 0.591. The number of benzene rings is 1. The summed E-state index contributed by atoms with van der Waals surface area (Å²) >= 11 is 0. The number of piperidine rings is 1. The quantitative estimate of drug-likeness (QED) is 0.836. The molecule has 0 spiro atoms. The molecule has 0 radical (unpaired) electrons. The Bertz CT molecular complexity index is 465. The van der Waals surface area contributed by atoms with Gasteiger partial charge in [0.15, 0.2) is 0 Å². The van der Waals surface area contributed by atoms with Crippen LogP contribution < -0.4 is 10.1 Å². The van der Waals surface area contributed by atoms with E-state index in [0.29, 0.717) is 17.9 Å². The number of hydrogen-bond donors (Lipinski definition) is 1. The van der Waals surface area contributed by atoms with Crippen molar-refractivity contribution in [3.8, 4) is 5.75 Å². The fourth-order valence-electron chi connectivity index (χ4n) is 2.30. The minimum Gasteiger partial charge on any atom is -0.489 e. The molecule has 0 atom stereocenters. The highest BCUT2D eigenvalue weighted by Gasteiger charge is 2.20. The minimum atomic E-state index is -0.117. The van der Waals surface area contributed by atoms with Gasteiger partial charge in [-0.1, -0.05) is 18.2 Å². The lowest BCUT2D eigenvalue weighted by Crippen LogP contribution is -2.36. The van der Waals surface area contributed by atoms with E-state index in [1.165, 1.54) is 0 Å². The third-order valence-corrected chi connectivity index (χ3v) is 3.50. The molecule has 4 nitrogen and oxygen atoms in total. The molecule has 0 aromatic heterocycles. The molecule has 1 N–H and O–H groups in total. The van der Waals surface area contributed by atoms with Crippen molar-refractivity contribution in [3.05, 3.63) is 42.5 Å². The topological polar surface area (TPSA) is 41.6 Å². The molecule has 1 amide bonds. The normalized spacial score (nSPS) is 16.6. The van der Waals surface area contributed by atoms with Gasteiger partial charge >= 0.3 is 0 Å². The number of hydrogen-bond acceptors (Lipinski definition) is 3. The molecular weight excluding hydrogens is 252 g/mol. The number of rotatable bonds is 5. The standard InChI is InChI=1S/C16H22N2O2/c1-3-10-17-16(19)14-6-4-5-7-15(14)20-13-8-11-18(2)12-9-13/h3-7,13H,1,8-12H2,2H3,(H,17,19). The average molecular weight is 274 g/mol. The van der Waals surface area contributed by atoms with Gasteiger partial charge in [0.2, 0.25) is 0 Å². The molecule has 1 heterocycles. The van der Waals surface area contributed by atoms with Crippen molar-refractivity contribution < 1.29 is 9.53 Å². The summed E-state index contributed by atoms with van der Waals surface area (Å²) in [4.78, 5) is 14.4. The van der Waals surface area contributed by atoms with Gasteiger partial charge in [-0.05, 0) is 32.0 Å². The van der Waals surface area contributed by atoms with E-state index in [0.717, 1.165) is 25.9 Å². The lowest BCUT2D eigenvalue weighted by molar-refractivity contribution is 0.0931. The molecular formula is C16H22N2O2. The van der Waals surface area contributed by atoms with Crippen molar-refractivity contribution in [1.29, 1.82) is 0 Å². The zero-order valence-corrected chi connectivity index (χ0v) is 12.0. The fraction of sp³-hybridized carbons (Fsp3) is 0.438. The third kappa shape index (κ3) is 3.84. The van der Waals surface area contributed by atoms with Crippen LogP contribution in [0.1, 0.15) is 23.2 Å². The van der Waals surface area contributed by atoms with E-state index in [1.807, 2.05) is 18.2 Å². The Morgan fingerprint density at radius 2 is 2.15 bits per heavy atom. The number of nitrogens with one attached hydrogen (secondary N) is 1. The monoisotopic (exact) mass is 274 g/mol. The van der Waals surface area contributed by atoms with Crippen LogP contribution in [0.3, 0.4) is 0 Å². The van der Waals surface area contributed by atoms with Crippen LogP contribution in [0.5, 0.6) is 5.75 Å². The Morgan fingerprint density at radius 3 is 2.85 bits per heavy atom. The molecule has 0 aliphatic carbocycles. The molecule has 1 fully saturated rings. The van der Waals surface area contributed by atoms with E-state index in [2.05, 4.69) is 23.8 Å². The SMILES string of the molecule is C=CCNC(=O)c1ccccc1OC1CCN(C)CC1. The van der Waals surface area contributed by atoms with Gasteiger partial charge in [-0.2, -0.15) is 0 Å². The highest BCUT2D eigenvalue weighted by Crippen LogP contribution is 2.22. The molecule has 1 aromatic carbocycles. The number of likely N-dealkylation sites (tertiary alicyclic amines) is 1. The molecule has 108 valence electrons. The Kier molecular flexibility index (Phi) is 5.18. The second-order valence-electron chi connectivity index (χ2n) is 5.12. The van der Waals surface area contributed by atoms with Crippen LogP contribution in [0, 0.1) is 0 Å². The Hall–Kier alpha value is -1.81. The number of carbonyl (C=O) groups is 1. The van der Waals surface area contributed by atoms with Gasteiger partial charge in [0.25, 0.3) is 5.91 Å². The maximum atomic E-state index is 12.1. The first kappa shape index (κ1) is 14.6. The smallest absolute Gasteiger partial charge is 0.255 e. The molecule has 20 heavy (non-hydrogen) atoms. The predicted molar refractivity (Wildman–Crippen MR) is 80.1 cm³/mol. The number of ether oxygens (including phenoxy) is 1. The van der Waals surface area contributed by atoms with Gasteiger partial charge in [-0.3, -0.25) is 4.79 Å². The van der Waals surface area contributed by atoms with Crippen LogP contribution in [-0.4, -0.2) is 43.6 Å². The second kappa shape index (κ2) is 7.10. The zero-order valence-electron chi connectivity index (χ0n) is 12.0. The summed E-state index contributed by atoms with van der Waals surface area (Å²) in [6, 6.07) is 7.41. The van der Waals surface area contributed by atoms with Gasteiger partial charge < -0.3 is 15.0 Å². The number of carbonyl (C=O) groups excluding carboxylic acids is 1. The average Bonchev–Trinajstić information content (AvgIpc) is 2.48. The van der Waals surface area contributed by atoms with E-state index in [4.69, 9.17) is 4.74 Å². The summed E-state index contributed by atoms with van der Waals surface area (Å²) in [5.74, 6) is 0.553. The van der Waals surface area contributed by atoms with Crippen LogP contribution in [0.2, 0.25) is 0 Å². The summed E-state index contributed by atoms with van der Waals surface area (Å²) in [6.07, 6.45) is 3.86. The predicted octanol–water partition coefficient (Wildman–Crippen LogP) is 2.08. The van der Waals surface area contributed by atoms with Gasteiger partial charge in [0, 0.05) is 19.6 Å². The van der Waals surface area contributed by atoms with Gasteiger partial charge in [-0.25, -0.2) is 0 Å². The molecule has 1 saturated heterocycles. The molecule has 0 bridgehead atoms. The number of para-hydroxylation sites is 1. The van der Waals surface area contributed by atoms with Crippen molar-refractivity contribution in [2.75, 3.05) is 26.7 Å². The molecule has 0 unspecified atom stereocenters. The van der Waals surface area contributed by atoms with E-state index < -0.39 is 0 Å². The van der Waals surface area contributed by atoms with Crippen LogP contribution in [0.4, 0.5) is 0 Å². The first-order chi connectivity index (χ1) is 9.70. The lowest BCUT2D eigenvalue weighted by Gasteiger charge is -2.29. The molecule has 1 aliphatic heterocycles. The van der Waals surface area contributed by atoms with E-state index in [9.17, 15) is 4.79 Å². The highest BCUT2D eigenvalue weighted by atomic mass is 16.5. The summed E-state index contributed by atoms with van der Waals surface area (Å²) in [7, 11) is 2.12. The largest absolute Gasteiger partial charge is 0.489 e. The van der Waals surface area contributed by atoms with Crippen LogP contribution >= 0.6 is 0 Å². The van der Waals surface area contributed by atoms with Crippen molar-refractivity contribution >= 4 is 5.91 Å². The van der Waals surface area contributed by atoms with Crippen molar-refractivity contribution in [2.24, 2.45) is 0 Å². The van der Waals surface area contributed by atoms with Crippen molar-refractivity contribution in [2.45, 2.75) is 18.9 Å². The lowest BCUT2D eigenvalue weighted by atomic mass is 10.1. The maximum absolute atomic E-state index is 12.1. The first-order valence-corrected chi connectivity index (χ1v) is 7.04. The number of nitrogens with zero attached hydrogens (tertiary/aromatic N) is 1. The van der Waals surface area contributed by atoms with Crippen LogP contribution in [-0.2, 0) is 0 Å². The molecule has 2 rings (SSSR count). The van der Waals surface area contributed by atoms with E-state index >= 15 is 0 Å². The Labute approximate surface area is 120 Å². The zero-order chi connectivity index (χ0) is 14.4. The molecule has 4 heteroatoms. The van der Waals surface area contributed by atoms with Crippen molar-refractivity contribution in [1.82, 2.24) is 10.2 Å². The third-order valence-electron chi connectivity index (χ3n) is 3.50. The fourth-order valence-corrected chi connectivity index (χ4v) is 2.30. The Balaban J connectivity index is 2.03. The Morgan fingerprint density at radius 1 is 1.45 bits per heavy atom. The van der Waals surface area contributed by atoms with E-state index in [-0.39, 0.29) is 12.0 Å². The summed E-state index contributed by atoms with van der Waals surface area (Å²) < 4.78 is 6.02. The minimum absolute atomic E-state index is 0.117. The van der Waals surface area contributed by atoms with Gasteiger partial charge in [0.1, 0.15) is 11.9 Å². The molecule has 1 aromatic rings. The maximum Gasteiger partial charge on any atom is 0.255 e. The van der Waals surface area contributed by atoms with E-state index in [1.54, 1.807) is 12.1 Å². The molecule has 0 saturated carbocycles. The van der Waals surface area contributed by atoms with Crippen LogP contribution in [0.25, 0.3) is 0 Å². The van der Waals surface area contributed by atoms with Crippen LogP contribution in [0.15, 0.2) is 36.9 Å². The molecule has 1 aliphatic rings.